The molecule has 0 saturated carbocycles. The minimum absolute atomic E-state index is 0.156. The number of ether oxygens (including phenoxy) is 1. The second-order valence-electron chi connectivity index (χ2n) is 8.37. The van der Waals surface area contributed by atoms with Crippen molar-refractivity contribution in [3.63, 3.8) is 0 Å². The Morgan fingerprint density at radius 3 is 2.18 bits per heavy atom. The Morgan fingerprint density at radius 1 is 0.868 bits per heavy atom. The van der Waals surface area contributed by atoms with E-state index in [1.165, 1.54) is 34.9 Å². The minimum Gasteiger partial charge on any atom is -0.497 e. The molecule has 1 saturated heterocycles. The van der Waals surface area contributed by atoms with E-state index < -0.39 is 4.33 Å². The van der Waals surface area contributed by atoms with E-state index in [-0.39, 0.29) is 11.7 Å². The number of rotatable bonds is 6. The molecule has 3 heterocycles. The number of carbonyl (C=O) groups is 2. The third-order valence-corrected chi connectivity index (χ3v) is 9.58. The summed E-state index contributed by atoms with van der Waals surface area (Å²) in [5.41, 5.74) is 2.37. The first-order chi connectivity index (χ1) is 18.6. The lowest BCUT2D eigenvalue weighted by molar-refractivity contribution is -0.114. The van der Waals surface area contributed by atoms with Crippen LogP contribution in [0.1, 0.15) is 15.2 Å². The van der Waals surface area contributed by atoms with E-state index in [9.17, 15) is 9.59 Å². The number of hydrogen-bond acceptors (Lipinski definition) is 8. The average Bonchev–Trinajstić information content (AvgIpc) is 3.69. The Hall–Kier alpha value is -3.79. The Labute approximate surface area is 232 Å². The molecule has 1 atom stereocenters. The summed E-state index contributed by atoms with van der Waals surface area (Å²) in [6.07, 6.45) is 1.87. The molecule has 3 aromatic carbocycles. The Balaban J connectivity index is 1.49. The lowest BCUT2D eigenvalue weighted by Crippen LogP contribution is -2.51. The Kier molecular flexibility index (Phi) is 6.57. The average molecular weight is 556 g/mol. The number of anilines is 2. The molecule has 0 N–H and O–H groups in total. The summed E-state index contributed by atoms with van der Waals surface area (Å²) in [5, 5.41) is 8.84. The molecular weight excluding hydrogens is 535 g/mol. The summed E-state index contributed by atoms with van der Waals surface area (Å²) in [7, 11) is 1.62. The van der Waals surface area contributed by atoms with Crippen LogP contribution in [0.4, 0.5) is 11.4 Å². The van der Waals surface area contributed by atoms with Gasteiger partial charge in [-0.15, -0.1) is 11.3 Å². The molecule has 4 aromatic rings. The zero-order valence-corrected chi connectivity index (χ0v) is 22.6. The van der Waals surface area contributed by atoms with Crippen molar-refractivity contribution >= 4 is 69.0 Å². The number of benzene rings is 3. The number of hydrazone groups is 1. The lowest BCUT2D eigenvalue weighted by atomic mass is 10.2. The van der Waals surface area contributed by atoms with Gasteiger partial charge >= 0.3 is 0 Å². The van der Waals surface area contributed by atoms with Gasteiger partial charge in [0, 0.05) is 5.69 Å². The predicted octanol–water partition coefficient (Wildman–Crippen LogP) is 6.94. The molecule has 1 aromatic heterocycles. The first-order valence-electron chi connectivity index (χ1n) is 11.7. The second kappa shape index (κ2) is 10.2. The van der Waals surface area contributed by atoms with Gasteiger partial charge in [0.15, 0.2) is 5.04 Å². The number of amides is 1. The van der Waals surface area contributed by atoms with Gasteiger partial charge in [0.25, 0.3) is 5.91 Å². The highest BCUT2D eigenvalue weighted by Crippen LogP contribution is 2.59. The summed E-state index contributed by atoms with van der Waals surface area (Å²) in [5.74, 6) is 0.425. The molecule has 0 aliphatic carbocycles. The standard InChI is InChI=1S/C29H21N3O3S3/c1-35-23-16-14-20(15-17-23)19-25-28(34)31(21-9-4-2-5-10-21)29(37-25)32(22-11-6-3-7-12-22)30-27(38-29)26(33)24-13-8-18-36-24/h2-19H,1H3. The number of ketones is 1. The Morgan fingerprint density at radius 2 is 1.55 bits per heavy atom. The number of thiophene rings is 1. The SMILES string of the molecule is COc1ccc(C=C2SC3(SC(C(=O)c4cccs4)=NN3c3ccccc3)N(c3ccccc3)C2=O)cc1. The topological polar surface area (TPSA) is 62.2 Å². The van der Waals surface area contributed by atoms with Crippen LogP contribution in [0, 0.1) is 0 Å². The fourth-order valence-corrected chi connectivity index (χ4v) is 7.88. The highest BCUT2D eigenvalue weighted by molar-refractivity contribution is 8.29. The molecule has 9 heteroatoms. The second-order valence-corrected chi connectivity index (χ2v) is 11.9. The van der Waals surface area contributed by atoms with Gasteiger partial charge in [0.05, 0.1) is 22.6 Å². The molecule has 2 aliphatic rings. The number of nitrogens with zero attached hydrogens (tertiary/aromatic N) is 3. The quantitative estimate of drug-likeness (QED) is 0.190. The maximum Gasteiger partial charge on any atom is 0.268 e. The molecular formula is C29H21N3O3S3. The molecule has 2 aliphatic heterocycles. The molecule has 1 unspecified atom stereocenters. The van der Waals surface area contributed by atoms with Gasteiger partial charge in [-0.1, -0.05) is 66.4 Å². The molecule has 38 heavy (non-hydrogen) atoms. The number of hydrogen-bond donors (Lipinski definition) is 0. The lowest BCUT2D eigenvalue weighted by Gasteiger charge is -2.38. The molecule has 0 bridgehead atoms. The number of para-hydroxylation sites is 2. The van der Waals surface area contributed by atoms with Crippen LogP contribution in [0.25, 0.3) is 6.08 Å². The van der Waals surface area contributed by atoms with Gasteiger partial charge in [0.1, 0.15) is 5.75 Å². The van der Waals surface area contributed by atoms with E-state index in [4.69, 9.17) is 9.84 Å². The van der Waals surface area contributed by atoms with Crippen molar-refractivity contribution in [2.45, 2.75) is 4.33 Å². The van der Waals surface area contributed by atoms with Crippen LogP contribution in [0.15, 0.2) is 112 Å². The fourth-order valence-electron chi connectivity index (χ4n) is 4.21. The molecule has 1 fully saturated rings. The number of thioether (sulfide) groups is 2. The molecule has 1 spiro atoms. The maximum atomic E-state index is 14.1. The maximum absolute atomic E-state index is 14.1. The molecule has 0 radical (unpaired) electrons. The number of Topliss-reactive ketones (excluding diaryl/α,β-unsaturated/α-hetero) is 1. The van der Waals surface area contributed by atoms with Crippen LogP contribution in [-0.2, 0) is 4.79 Å². The van der Waals surface area contributed by atoms with Gasteiger partial charge < -0.3 is 4.74 Å². The van der Waals surface area contributed by atoms with Crippen LogP contribution < -0.4 is 14.6 Å². The third kappa shape index (κ3) is 4.32. The highest BCUT2D eigenvalue weighted by Gasteiger charge is 2.60. The first kappa shape index (κ1) is 24.5. The summed E-state index contributed by atoms with van der Waals surface area (Å²) >= 11 is 4.06. The van der Waals surface area contributed by atoms with E-state index >= 15 is 0 Å². The summed E-state index contributed by atoms with van der Waals surface area (Å²) in [6.45, 7) is 0. The van der Waals surface area contributed by atoms with Gasteiger partial charge in [-0.05, 0) is 71.2 Å². The largest absolute Gasteiger partial charge is 0.497 e. The van der Waals surface area contributed by atoms with Crippen LogP contribution in [0.5, 0.6) is 5.75 Å². The van der Waals surface area contributed by atoms with E-state index in [0.29, 0.717) is 14.8 Å². The van der Waals surface area contributed by atoms with Crippen molar-refractivity contribution in [3.05, 3.63) is 118 Å². The van der Waals surface area contributed by atoms with E-state index in [1.807, 2.05) is 102 Å². The van der Waals surface area contributed by atoms with Crippen molar-refractivity contribution in [2.24, 2.45) is 5.10 Å². The van der Waals surface area contributed by atoms with Gasteiger partial charge in [-0.25, -0.2) is 5.01 Å². The van der Waals surface area contributed by atoms with Crippen molar-refractivity contribution in [1.82, 2.24) is 0 Å². The number of carbonyl (C=O) groups excluding carboxylic acids is 2. The van der Waals surface area contributed by atoms with Gasteiger partial charge in [-0.3, -0.25) is 14.5 Å². The smallest absolute Gasteiger partial charge is 0.268 e. The van der Waals surface area contributed by atoms with Crippen LogP contribution in [0.3, 0.4) is 0 Å². The zero-order valence-electron chi connectivity index (χ0n) is 20.2. The molecule has 6 nitrogen and oxygen atoms in total. The third-order valence-electron chi connectivity index (χ3n) is 6.00. The highest BCUT2D eigenvalue weighted by atomic mass is 32.2. The zero-order chi connectivity index (χ0) is 26.1. The fraction of sp³-hybridized carbons (Fsp3) is 0.0690. The molecule has 188 valence electrons. The van der Waals surface area contributed by atoms with E-state index in [1.54, 1.807) is 23.1 Å². The van der Waals surface area contributed by atoms with Gasteiger partial charge in [0.2, 0.25) is 10.1 Å². The predicted molar refractivity (Wildman–Crippen MR) is 158 cm³/mol. The van der Waals surface area contributed by atoms with Crippen LogP contribution in [-0.4, -0.2) is 28.2 Å². The molecule has 6 rings (SSSR count). The van der Waals surface area contributed by atoms with Crippen molar-refractivity contribution in [3.8, 4) is 5.75 Å². The summed E-state index contributed by atoms with van der Waals surface area (Å²) in [6, 6.07) is 30.4. The monoisotopic (exact) mass is 555 g/mol. The van der Waals surface area contributed by atoms with Crippen LogP contribution in [0.2, 0.25) is 0 Å². The van der Waals surface area contributed by atoms with E-state index in [0.717, 1.165) is 22.7 Å². The van der Waals surface area contributed by atoms with Crippen molar-refractivity contribution < 1.29 is 14.3 Å². The Bertz CT molecular complexity index is 1540. The normalized spacial score (nSPS) is 19.9. The van der Waals surface area contributed by atoms with E-state index in [2.05, 4.69) is 0 Å². The van der Waals surface area contributed by atoms with Crippen LogP contribution >= 0.6 is 34.9 Å². The summed E-state index contributed by atoms with van der Waals surface area (Å²) in [4.78, 5) is 30.5. The number of methoxy groups -OCH3 is 1. The molecule has 1 amide bonds. The summed E-state index contributed by atoms with van der Waals surface area (Å²) < 4.78 is 4.21. The van der Waals surface area contributed by atoms with Crippen molar-refractivity contribution in [2.75, 3.05) is 17.0 Å². The first-order valence-corrected chi connectivity index (χ1v) is 14.3. The van der Waals surface area contributed by atoms with Gasteiger partial charge in [-0.2, -0.15) is 5.10 Å². The minimum atomic E-state index is -1.07. The van der Waals surface area contributed by atoms with Crippen molar-refractivity contribution in [1.29, 1.82) is 0 Å².